The summed E-state index contributed by atoms with van der Waals surface area (Å²) in [6, 6.07) is 5.75. The number of primary amides is 1. The molecule has 0 saturated heterocycles. The molecule has 1 aliphatic rings. The summed E-state index contributed by atoms with van der Waals surface area (Å²) in [6.45, 7) is 0. The predicted molar refractivity (Wildman–Crippen MR) is 82.6 cm³/mol. The van der Waals surface area contributed by atoms with Crippen LogP contribution in [-0.4, -0.2) is 17.0 Å². The van der Waals surface area contributed by atoms with Crippen molar-refractivity contribution in [2.24, 2.45) is 17.1 Å². The number of aliphatic carboxylic acids is 1. The van der Waals surface area contributed by atoms with Crippen LogP contribution in [0.3, 0.4) is 0 Å². The molecule has 1 aliphatic carbocycles. The zero-order valence-electron chi connectivity index (χ0n) is 10.0. The number of carboxylic acids is 1. The van der Waals surface area contributed by atoms with Gasteiger partial charge in [0.25, 0.3) is 0 Å². The highest BCUT2D eigenvalue weighted by Gasteiger charge is 2.58. The summed E-state index contributed by atoms with van der Waals surface area (Å²) in [7, 11) is 0. The van der Waals surface area contributed by atoms with Crippen LogP contribution in [0.4, 0.5) is 0 Å². The van der Waals surface area contributed by atoms with Gasteiger partial charge in [0.15, 0.2) is 0 Å². The van der Waals surface area contributed by atoms with E-state index < -0.39 is 23.2 Å². The fourth-order valence-corrected chi connectivity index (χ4v) is 3.30. The zero-order chi connectivity index (χ0) is 14.2. The molecule has 0 bridgehead atoms. The van der Waals surface area contributed by atoms with Crippen molar-refractivity contribution in [2.75, 3.05) is 0 Å². The normalized spacial score (nSPS) is 17.8. The molecule has 19 heavy (non-hydrogen) atoms. The van der Waals surface area contributed by atoms with E-state index >= 15 is 0 Å². The van der Waals surface area contributed by atoms with Crippen molar-refractivity contribution in [3.63, 3.8) is 0 Å². The Balaban J connectivity index is 2.30. The molecule has 102 valence electrons. The Hall–Kier alpha value is -0.630. The summed E-state index contributed by atoms with van der Waals surface area (Å²) in [4.78, 5) is 23.0. The molecule has 0 radical (unpaired) electrons. The minimum absolute atomic E-state index is 0.374. The molecule has 4 nitrogen and oxygen atoms in total. The van der Waals surface area contributed by atoms with Gasteiger partial charge >= 0.3 is 5.97 Å². The van der Waals surface area contributed by atoms with Crippen LogP contribution in [0.15, 0.2) is 22.7 Å². The van der Waals surface area contributed by atoms with E-state index in [4.69, 9.17) is 5.73 Å². The Morgan fingerprint density at radius 2 is 2.11 bits per heavy atom. The van der Waals surface area contributed by atoms with Gasteiger partial charge in [0, 0.05) is 8.04 Å². The van der Waals surface area contributed by atoms with Gasteiger partial charge in [-0.05, 0) is 65.6 Å². The zero-order valence-corrected chi connectivity index (χ0v) is 13.8. The molecule has 1 amide bonds. The first kappa shape index (κ1) is 14.8. The van der Waals surface area contributed by atoms with Crippen LogP contribution in [0.25, 0.3) is 0 Å². The fraction of sp³-hybridized carbons (Fsp3) is 0.385. The van der Waals surface area contributed by atoms with Gasteiger partial charge in [0.05, 0.1) is 11.3 Å². The Morgan fingerprint density at radius 1 is 1.47 bits per heavy atom. The summed E-state index contributed by atoms with van der Waals surface area (Å²) >= 11 is 5.56. The molecule has 0 aliphatic heterocycles. The third kappa shape index (κ3) is 2.94. The number of rotatable bonds is 5. The number of carbonyl (C=O) groups is 2. The highest BCUT2D eigenvalue weighted by molar-refractivity contribution is 14.1. The molecule has 1 saturated carbocycles. The summed E-state index contributed by atoms with van der Waals surface area (Å²) < 4.78 is 1.92. The minimum Gasteiger partial charge on any atom is -0.481 e. The Labute approximate surface area is 133 Å². The van der Waals surface area contributed by atoms with Gasteiger partial charge in [-0.1, -0.05) is 15.9 Å². The predicted octanol–water partition coefficient (Wildman–Crippen LogP) is 2.56. The van der Waals surface area contributed by atoms with Crippen molar-refractivity contribution in [1.29, 1.82) is 0 Å². The Morgan fingerprint density at radius 3 is 2.58 bits per heavy atom. The molecule has 6 heteroatoms. The van der Waals surface area contributed by atoms with E-state index in [0.29, 0.717) is 19.3 Å². The Bertz CT molecular complexity index is 543. The number of nitrogens with two attached hydrogens (primary N) is 1. The maximum Gasteiger partial charge on any atom is 0.310 e. The van der Waals surface area contributed by atoms with E-state index in [2.05, 4.69) is 38.5 Å². The lowest BCUT2D eigenvalue weighted by atomic mass is 9.83. The topological polar surface area (TPSA) is 80.4 Å². The molecule has 1 fully saturated rings. The van der Waals surface area contributed by atoms with Crippen molar-refractivity contribution in [1.82, 2.24) is 0 Å². The highest BCUT2D eigenvalue weighted by Crippen LogP contribution is 2.53. The van der Waals surface area contributed by atoms with Gasteiger partial charge in [0.1, 0.15) is 0 Å². The standard InChI is InChI=1S/C13H13BrINO3/c14-8-1-2-10(15)7(5-8)6-9(11(16)17)13(3-4-13)12(18)19/h1-2,5,9H,3-4,6H2,(H2,16,17)(H,18,19). The summed E-state index contributed by atoms with van der Waals surface area (Å²) in [6.07, 6.45) is 1.43. The number of halogens is 2. The smallest absolute Gasteiger partial charge is 0.310 e. The van der Waals surface area contributed by atoms with E-state index in [-0.39, 0.29) is 0 Å². The molecule has 0 heterocycles. The molecule has 2 rings (SSSR count). The van der Waals surface area contributed by atoms with Crippen LogP contribution in [0.2, 0.25) is 0 Å². The lowest BCUT2D eigenvalue weighted by Crippen LogP contribution is -2.37. The largest absolute Gasteiger partial charge is 0.481 e. The van der Waals surface area contributed by atoms with Gasteiger partial charge in [0.2, 0.25) is 5.91 Å². The summed E-state index contributed by atoms with van der Waals surface area (Å²) in [5, 5.41) is 9.31. The second kappa shape index (κ2) is 5.40. The highest BCUT2D eigenvalue weighted by atomic mass is 127. The van der Waals surface area contributed by atoms with Crippen molar-refractivity contribution in [3.8, 4) is 0 Å². The van der Waals surface area contributed by atoms with Crippen LogP contribution in [0.1, 0.15) is 18.4 Å². The van der Waals surface area contributed by atoms with Crippen LogP contribution < -0.4 is 5.73 Å². The Kier molecular flexibility index (Phi) is 4.20. The van der Waals surface area contributed by atoms with E-state index in [9.17, 15) is 14.7 Å². The molecule has 1 atom stereocenters. The maximum atomic E-state index is 11.6. The second-order valence-electron chi connectivity index (χ2n) is 4.86. The third-order valence-corrected chi connectivity index (χ3v) is 5.20. The van der Waals surface area contributed by atoms with Crippen molar-refractivity contribution in [2.45, 2.75) is 19.3 Å². The first-order valence-corrected chi connectivity index (χ1v) is 7.70. The lowest BCUT2D eigenvalue weighted by molar-refractivity contribution is -0.148. The molecule has 0 aromatic heterocycles. The van der Waals surface area contributed by atoms with Crippen molar-refractivity contribution >= 4 is 50.4 Å². The van der Waals surface area contributed by atoms with E-state index in [1.54, 1.807) is 0 Å². The number of carboxylic acid groups (broad SMARTS) is 1. The fourth-order valence-electron chi connectivity index (χ4n) is 2.33. The molecular weight excluding hydrogens is 425 g/mol. The lowest BCUT2D eigenvalue weighted by Gasteiger charge is -2.21. The monoisotopic (exact) mass is 437 g/mol. The van der Waals surface area contributed by atoms with Crippen LogP contribution in [-0.2, 0) is 16.0 Å². The molecule has 1 aromatic carbocycles. The van der Waals surface area contributed by atoms with E-state index in [1.165, 1.54) is 0 Å². The molecular formula is C13H13BrINO3. The number of hydrogen-bond acceptors (Lipinski definition) is 2. The van der Waals surface area contributed by atoms with Crippen LogP contribution in [0, 0.1) is 14.9 Å². The maximum absolute atomic E-state index is 11.6. The van der Waals surface area contributed by atoms with Crippen molar-refractivity contribution < 1.29 is 14.7 Å². The van der Waals surface area contributed by atoms with Crippen LogP contribution in [0.5, 0.6) is 0 Å². The number of benzene rings is 1. The molecule has 0 spiro atoms. The number of carbonyl (C=O) groups excluding carboxylic acids is 1. The van der Waals surface area contributed by atoms with Crippen molar-refractivity contribution in [3.05, 3.63) is 31.8 Å². The van der Waals surface area contributed by atoms with E-state index in [1.807, 2.05) is 18.2 Å². The van der Waals surface area contributed by atoms with Crippen LogP contribution >= 0.6 is 38.5 Å². The van der Waals surface area contributed by atoms with Gasteiger partial charge in [-0.25, -0.2) is 0 Å². The summed E-state index contributed by atoms with van der Waals surface area (Å²) in [5.74, 6) is -2.09. The number of hydrogen-bond donors (Lipinski definition) is 2. The first-order valence-electron chi connectivity index (χ1n) is 5.83. The van der Waals surface area contributed by atoms with Gasteiger partial charge in [-0.15, -0.1) is 0 Å². The molecule has 1 aromatic rings. The van der Waals surface area contributed by atoms with Gasteiger partial charge in [-0.2, -0.15) is 0 Å². The van der Waals surface area contributed by atoms with Gasteiger partial charge in [-0.3, -0.25) is 9.59 Å². The van der Waals surface area contributed by atoms with Gasteiger partial charge < -0.3 is 10.8 Å². The SMILES string of the molecule is NC(=O)C(Cc1cc(Br)ccc1I)C1(C(=O)O)CC1. The minimum atomic E-state index is -0.947. The summed E-state index contributed by atoms with van der Waals surface area (Å²) in [5.41, 5.74) is 5.42. The quantitative estimate of drug-likeness (QED) is 0.694. The first-order chi connectivity index (χ1) is 8.86. The average Bonchev–Trinajstić information content (AvgIpc) is 3.11. The molecule has 1 unspecified atom stereocenters. The molecule has 3 N–H and O–H groups in total. The van der Waals surface area contributed by atoms with E-state index in [0.717, 1.165) is 13.6 Å². The third-order valence-electron chi connectivity index (χ3n) is 3.66. The average molecular weight is 438 g/mol. The number of amides is 1. The second-order valence-corrected chi connectivity index (χ2v) is 6.93.